The maximum atomic E-state index is 12.0. The van der Waals surface area contributed by atoms with Crippen molar-refractivity contribution in [1.82, 2.24) is 5.32 Å². The molecule has 1 unspecified atom stereocenters. The van der Waals surface area contributed by atoms with Crippen LogP contribution in [0, 0.1) is 5.41 Å². The number of aliphatic carboxylic acids is 1. The Morgan fingerprint density at radius 3 is 2.52 bits per heavy atom. The molecule has 1 atom stereocenters. The van der Waals surface area contributed by atoms with Crippen LogP contribution in [0.1, 0.15) is 33.6 Å². The number of carboxylic acids is 1. The molecule has 0 aliphatic heterocycles. The molecule has 0 heterocycles. The Hall–Kier alpha value is -1.56. The average molecular weight is 357 g/mol. The van der Waals surface area contributed by atoms with E-state index in [2.05, 4.69) is 26.6 Å². The molecule has 0 aliphatic rings. The number of carbonyl (C=O) groups excluding carboxylic acids is 1. The summed E-state index contributed by atoms with van der Waals surface area (Å²) in [5.41, 5.74) is 0.579. The monoisotopic (exact) mass is 356 g/mol. The number of amides is 2. The van der Waals surface area contributed by atoms with Crippen LogP contribution in [0.2, 0.25) is 0 Å². The molecule has 3 N–H and O–H groups in total. The van der Waals surface area contributed by atoms with Gasteiger partial charge in [0.05, 0.1) is 6.42 Å². The van der Waals surface area contributed by atoms with Gasteiger partial charge in [-0.1, -0.05) is 42.8 Å². The highest BCUT2D eigenvalue weighted by Crippen LogP contribution is 2.22. The molecule has 0 radical (unpaired) electrons. The Balaban J connectivity index is 2.65. The van der Waals surface area contributed by atoms with Gasteiger partial charge in [-0.25, -0.2) is 4.79 Å². The van der Waals surface area contributed by atoms with Crippen LogP contribution in [0.25, 0.3) is 0 Å². The minimum absolute atomic E-state index is 0.0663. The standard InChI is InChI=1S/C15H21BrN2O3/c1-15(2,3)9-12(8-13(19)20)18-14(21)17-11-6-4-5-10(16)7-11/h4-7,12H,8-9H2,1-3H3,(H,19,20)(H2,17,18,21). The first-order chi connectivity index (χ1) is 9.65. The molecular formula is C15H21BrN2O3. The number of halogens is 1. The maximum Gasteiger partial charge on any atom is 0.319 e. The van der Waals surface area contributed by atoms with Crippen molar-refractivity contribution in [2.24, 2.45) is 5.41 Å². The number of anilines is 1. The number of carbonyl (C=O) groups is 2. The normalized spacial score (nSPS) is 12.6. The van der Waals surface area contributed by atoms with E-state index in [9.17, 15) is 9.59 Å². The first-order valence-corrected chi connectivity index (χ1v) is 7.50. The number of carboxylic acid groups (broad SMARTS) is 1. The molecule has 0 spiro atoms. The number of urea groups is 1. The summed E-state index contributed by atoms with van der Waals surface area (Å²) in [5.74, 6) is -0.924. The Kier molecular flexibility index (Phi) is 6.20. The van der Waals surface area contributed by atoms with Gasteiger partial charge in [0.25, 0.3) is 0 Å². The number of hydrogen-bond donors (Lipinski definition) is 3. The lowest BCUT2D eigenvalue weighted by molar-refractivity contribution is -0.137. The lowest BCUT2D eigenvalue weighted by Crippen LogP contribution is -2.41. The Morgan fingerprint density at radius 2 is 2.00 bits per heavy atom. The van der Waals surface area contributed by atoms with Gasteiger partial charge >= 0.3 is 12.0 Å². The van der Waals surface area contributed by atoms with Crippen molar-refractivity contribution in [1.29, 1.82) is 0 Å². The molecule has 0 bridgehead atoms. The van der Waals surface area contributed by atoms with Crippen molar-refractivity contribution in [2.45, 2.75) is 39.7 Å². The molecule has 0 saturated heterocycles. The predicted molar refractivity (Wildman–Crippen MR) is 86.4 cm³/mol. The second-order valence-electron chi connectivity index (χ2n) is 6.17. The molecule has 0 fully saturated rings. The molecule has 2 amide bonds. The lowest BCUT2D eigenvalue weighted by Gasteiger charge is -2.25. The molecule has 116 valence electrons. The zero-order valence-corrected chi connectivity index (χ0v) is 14.0. The van der Waals surface area contributed by atoms with Crippen molar-refractivity contribution >= 4 is 33.6 Å². The molecule has 1 rings (SSSR count). The van der Waals surface area contributed by atoms with Crippen LogP contribution in [-0.4, -0.2) is 23.1 Å². The average Bonchev–Trinajstić information content (AvgIpc) is 2.24. The van der Waals surface area contributed by atoms with E-state index in [-0.39, 0.29) is 11.8 Å². The highest BCUT2D eigenvalue weighted by molar-refractivity contribution is 9.10. The third-order valence-corrected chi connectivity index (χ3v) is 3.19. The van der Waals surface area contributed by atoms with Gasteiger partial charge in [0.2, 0.25) is 0 Å². The van der Waals surface area contributed by atoms with Gasteiger partial charge in [0.1, 0.15) is 0 Å². The molecule has 1 aromatic carbocycles. The van der Waals surface area contributed by atoms with Gasteiger partial charge in [0.15, 0.2) is 0 Å². The first-order valence-electron chi connectivity index (χ1n) is 6.70. The van der Waals surface area contributed by atoms with Crippen LogP contribution < -0.4 is 10.6 Å². The van der Waals surface area contributed by atoms with Crippen LogP contribution in [0.5, 0.6) is 0 Å². The molecule has 5 nitrogen and oxygen atoms in total. The summed E-state index contributed by atoms with van der Waals surface area (Å²) < 4.78 is 0.858. The Labute approximate surface area is 133 Å². The smallest absolute Gasteiger partial charge is 0.319 e. The summed E-state index contributed by atoms with van der Waals surface area (Å²) in [6.45, 7) is 6.03. The van der Waals surface area contributed by atoms with Crippen LogP contribution >= 0.6 is 15.9 Å². The largest absolute Gasteiger partial charge is 0.481 e. The fourth-order valence-corrected chi connectivity index (χ4v) is 2.44. The van der Waals surface area contributed by atoms with E-state index in [0.29, 0.717) is 12.1 Å². The van der Waals surface area contributed by atoms with Gasteiger partial charge in [0, 0.05) is 16.2 Å². The quantitative estimate of drug-likeness (QED) is 0.749. The first kappa shape index (κ1) is 17.5. The molecule has 21 heavy (non-hydrogen) atoms. The van der Waals surface area contributed by atoms with Gasteiger partial charge in [-0.15, -0.1) is 0 Å². The van der Waals surface area contributed by atoms with E-state index in [1.54, 1.807) is 12.1 Å². The van der Waals surface area contributed by atoms with E-state index in [1.165, 1.54) is 0 Å². The van der Waals surface area contributed by atoms with Crippen LogP contribution in [0.4, 0.5) is 10.5 Å². The van der Waals surface area contributed by atoms with Gasteiger partial charge < -0.3 is 15.7 Å². The summed E-state index contributed by atoms with van der Waals surface area (Å²) in [4.78, 5) is 22.9. The van der Waals surface area contributed by atoms with Crippen LogP contribution in [0.3, 0.4) is 0 Å². The number of hydrogen-bond acceptors (Lipinski definition) is 2. The van der Waals surface area contributed by atoms with Gasteiger partial charge in [-0.3, -0.25) is 4.79 Å². The van der Waals surface area contributed by atoms with Crippen molar-refractivity contribution in [3.8, 4) is 0 Å². The predicted octanol–water partition coefficient (Wildman–Crippen LogP) is 3.85. The summed E-state index contributed by atoms with van der Waals surface area (Å²) in [5, 5.41) is 14.4. The highest BCUT2D eigenvalue weighted by Gasteiger charge is 2.22. The zero-order chi connectivity index (χ0) is 16.0. The zero-order valence-electron chi connectivity index (χ0n) is 12.4. The summed E-state index contributed by atoms with van der Waals surface area (Å²) in [6, 6.07) is 6.40. The molecule has 1 aromatic rings. The van der Waals surface area contributed by atoms with Crippen LogP contribution in [-0.2, 0) is 4.79 Å². The van der Waals surface area contributed by atoms with E-state index in [0.717, 1.165) is 4.47 Å². The number of nitrogens with one attached hydrogen (secondary N) is 2. The van der Waals surface area contributed by atoms with Gasteiger partial charge in [-0.2, -0.15) is 0 Å². The fraction of sp³-hybridized carbons (Fsp3) is 0.467. The van der Waals surface area contributed by atoms with E-state index < -0.39 is 18.0 Å². The SMILES string of the molecule is CC(C)(C)CC(CC(=O)O)NC(=O)Nc1cccc(Br)c1. The lowest BCUT2D eigenvalue weighted by atomic mass is 9.87. The molecule has 0 aromatic heterocycles. The summed E-state index contributed by atoms with van der Waals surface area (Å²) >= 11 is 3.33. The third-order valence-electron chi connectivity index (χ3n) is 2.70. The van der Waals surface area contributed by atoms with E-state index in [1.807, 2.05) is 32.9 Å². The fourth-order valence-electron chi connectivity index (χ4n) is 2.04. The van der Waals surface area contributed by atoms with Crippen LogP contribution in [0.15, 0.2) is 28.7 Å². The van der Waals surface area contributed by atoms with E-state index >= 15 is 0 Å². The van der Waals surface area contributed by atoms with Crippen molar-refractivity contribution < 1.29 is 14.7 Å². The number of rotatable bonds is 5. The highest BCUT2D eigenvalue weighted by atomic mass is 79.9. The Morgan fingerprint density at radius 1 is 1.33 bits per heavy atom. The second-order valence-corrected chi connectivity index (χ2v) is 7.08. The topological polar surface area (TPSA) is 78.4 Å². The van der Waals surface area contributed by atoms with Crippen molar-refractivity contribution in [2.75, 3.05) is 5.32 Å². The molecule has 6 heteroatoms. The van der Waals surface area contributed by atoms with Gasteiger partial charge in [-0.05, 0) is 30.0 Å². The number of benzene rings is 1. The van der Waals surface area contributed by atoms with Crippen molar-refractivity contribution in [3.05, 3.63) is 28.7 Å². The molecule has 0 aliphatic carbocycles. The minimum Gasteiger partial charge on any atom is -0.481 e. The second kappa shape index (κ2) is 7.45. The van der Waals surface area contributed by atoms with Crippen molar-refractivity contribution in [3.63, 3.8) is 0 Å². The third kappa shape index (κ3) is 7.70. The minimum atomic E-state index is -0.924. The van der Waals surface area contributed by atoms with E-state index in [4.69, 9.17) is 5.11 Å². The maximum absolute atomic E-state index is 12.0. The molecular weight excluding hydrogens is 336 g/mol. The summed E-state index contributed by atoms with van der Waals surface area (Å²) in [6.07, 6.45) is 0.494. The molecule has 0 saturated carbocycles. The summed E-state index contributed by atoms with van der Waals surface area (Å²) in [7, 11) is 0. The Bertz CT molecular complexity index is 512.